The lowest BCUT2D eigenvalue weighted by atomic mass is 10.3. The van der Waals surface area contributed by atoms with Crippen molar-refractivity contribution in [2.45, 2.75) is 0 Å². The van der Waals surface area contributed by atoms with Gasteiger partial charge >= 0.3 is 5.69 Å². The first kappa shape index (κ1) is 11.8. The molecule has 2 aromatic rings. The Kier molecular flexibility index (Phi) is 3.05. The van der Waals surface area contributed by atoms with Crippen molar-refractivity contribution in [2.24, 2.45) is 0 Å². The van der Waals surface area contributed by atoms with Crippen molar-refractivity contribution in [1.82, 2.24) is 4.98 Å². The van der Waals surface area contributed by atoms with Gasteiger partial charge in [0, 0.05) is 11.8 Å². The number of pyridine rings is 1. The predicted molar refractivity (Wildman–Crippen MR) is 65.0 cm³/mol. The van der Waals surface area contributed by atoms with Gasteiger partial charge in [0.05, 0.1) is 4.92 Å². The molecule has 0 aliphatic carbocycles. The molecule has 18 heavy (non-hydrogen) atoms. The number of nitrogen functional groups attached to an aromatic ring is 1. The van der Waals surface area contributed by atoms with Crippen molar-refractivity contribution < 1.29 is 9.31 Å². The number of nitrogens with two attached hydrogens (primary N) is 1. The van der Waals surface area contributed by atoms with E-state index >= 15 is 0 Å². The topological polar surface area (TPSA) is 94.1 Å². The minimum Gasteiger partial charge on any atom is -0.378 e. The Morgan fingerprint density at radius 1 is 1.22 bits per heavy atom. The van der Waals surface area contributed by atoms with E-state index < -0.39 is 4.92 Å². The zero-order valence-electron chi connectivity index (χ0n) is 9.13. The summed E-state index contributed by atoms with van der Waals surface area (Å²) in [4.78, 5) is 13.8. The number of nitro groups is 1. The summed E-state index contributed by atoms with van der Waals surface area (Å²) in [5, 5.41) is 13.4. The third-order valence-corrected chi connectivity index (χ3v) is 2.22. The van der Waals surface area contributed by atoms with Crippen LogP contribution in [0.15, 0.2) is 36.4 Å². The second kappa shape index (κ2) is 4.66. The molecule has 0 aliphatic heterocycles. The van der Waals surface area contributed by atoms with E-state index in [1.54, 1.807) is 0 Å². The van der Waals surface area contributed by atoms with E-state index in [4.69, 9.17) is 5.73 Å². The molecular weight excluding hydrogens is 239 g/mol. The Hall–Kier alpha value is -2.70. The van der Waals surface area contributed by atoms with E-state index in [2.05, 4.69) is 10.3 Å². The standard InChI is InChI=1S/C11H9FN4O2/c12-7-1-3-8(4-2-7)14-10-6-5-9(16(17)18)11(13)15-10/h1-6H,(H3,13,14,15). The fraction of sp³-hybridized carbons (Fsp3) is 0. The van der Waals surface area contributed by atoms with Gasteiger partial charge in [0.2, 0.25) is 5.82 Å². The van der Waals surface area contributed by atoms with E-state index in [9.17, 15) is 14.5 Å². The van der Waals surface area contributed by atoms with E-state index in [0.29, 0.717) is 11.5 Å². The Balaban J connectivity index is 2.22. The summed E-state index contributed by atoms with van der Waals surface area (Å²) in [6, 6.07) is 8.31. The predicted octanol–water partition coefficient (Wildman–Crippen LogP) is 2.45. The van der Waals surface area contributed by atoms with Crippen LogP contribution in [-0.2, 0) is 0 Å². The highest BCUT2D eigenvalue weighted by atomic mass is 19.1. The number of anilines is 3. The van der Waals surface area contributed by atoms with Crippen LogP contribution in [0.4, 0.5) is 27.4 Å². The van der Waals surface area contributed by atoms with Crippen LogP contribution in [0, 0.1) is 15.9 Å². The molecule has 92 valence electrons. The van der Waals surface area contributed by atoms with Gasteiger partial charge in [-0.2, -0.15) is 0 Å². The number of hydrogen-bond acceptors (Lipinski definition) is 5. The molecular formula is C11H9FN4O2. The second-order valence-corrected chi connectivity index (χ2v) is 3.49. The molecule has 0 saturated heterocycles. The van der Waals surface area contributed by atoms with Gasteiger partial charge in [-0.3, -0.25) is 10.1 Å². The van der Waals surface area contributed by atoms with Gasteiger partial charge in [-0.15, -0.1) is 0 Å². The van der Waals surface area contributed by atoms with Crippen LogP contribution in [-0.4, -0.2) is 9.91 Å². The Morgan fingerprint density at radius 2 is 1.89 bits per heavy atom. The molecule has 1 aromatic heterocycles. The molecule has 3 N–H and O–H groups in total. The third kappa shape index (κ3) is 2.51. The van der Waals surface area contributed by atoms with Crippen molar-refractivity contribution >= 4 is 23.0 Å². The summed E-state index contributed by atoms with van der Waals surface area (Å²) in [5.41, 5.74) is 5.81. The van der Waals surface area contributed by atoms with Crippen LogP contribution in [0.25, 0.3) is 0 Å². The van der Waals surface area contributed by atoms with Gasteiger partial charge < -0.3 is 11.1 Å². The minimum atomic E-state index is -0.607. The smallest absolute Gasteiger partial charge is 0.311 e. The summed E-state index contributed by atoms with van der Waals surface area (Å²) >= 11 is 0. The van der Waals surface area contributed by atoms with Crippen LogP contribution in [0.5, 0.6) is 0 Å². The molecule has 0 fully saturated rings. The third-order valence-electron chi connectivity index (χ3n) is 2.22. The number of aromatic nitrogens is 1. The fourth-order valence-electron chi connectivity index (χ4n) is 1.37. The molecule has 0 radical (unpaired) electrons. The molecule has 0 saturated carbocycles. The van der Waals surface area contributed by atoms with E-state index in [-0.39, 0.29) is 17.3 Å². The Morgan fingerprint density at radius 3 is 2.44 bits per heavy atom. The zero-order chi connectivity index (χ0) is 13.1. The lowest BCUT2D eigenvalue weighted by molar-refractivity contribution is -0.384. The molecule has 6 nitrogen and oxygen atoms in total. The molecule has 0 unspecified atom stereocenters. The van der Waals surface area contributed by atoms with Crippen molar-refractivity contribution in [3.05, 3.63) is 52.3 Å². The van der Waals surface area contributed by atoms with Crippen LogP contribution < -0.4 is 11.1 Å². The van der Waals surface area contributed by atoms with Crippen molar-refractivity contribution in [3.8, 4) is 0 Å². The van der Waals surface area contributed by atoms with Crippen LogP contribution in [0.2, 0.25) is 0 Å². The highest BCUT2D eigenvalue weighted by Crippen LogP contribution is 2.22. The SMILES string of the molecule is Nc1nc(Nc2ccc(F)cc2)ccc1[N+](=O)[O-]. The molecule has 0 atom stereocenters. The van der Waals surface area contributed by atoms with Gasteiger partial charge in [-0.1, -0.05) is 0 Å². The number of halogens is 1. The maximum atomic E-state index is 12.7. The zero-order valence-corrected chi connectivity index (χ0v) is 9.13. The normalized spacial score (nSPS) is 10.1. The summed E-state index contributed by atoms with van der Waals surface area (Å²) in [7, 11) is 0. The summed E-state index contributed by atoms with van der Waals surface area (Å²) in [6.45, 7) is 0. The quantitative estimate of drug-likeness (QED) is 0.642. The monoisotopic (exact) mass is 248 g/mol. The molecule has 0 spiro atoms. The number of rotatable bonds is 3. The minimum absolute atomic E-state index is 0.174. The first-order valence-electron chi connectivity index (χ1n) is 5.00. The molecule has 1 heterocycles. The number of nitrogens with one attached hydrogen (secondary N) is 1. The fourth-order valence-corrected chi connectivity index (χ4v) is 1.37. The lowest BCUT2D eigenvalue weighted by Crippen LogP contribution is -2.01. The highest BCUT2D eigenvalue weighted by molar-refractivity contribution is 5.62. The van der Waals surface area contributed by atoms with Crippen LogP contribution >= 0.6 is 0 Å². The average molecular weight is 248 g/mol. The maximum Gasteiger partial charge on any atom is 0.311 e. The van der Waals surface area contributed by atoms with Gasteiger partial charge in [0.15, 0.2) is 0 Å². The number of nitrogens with zero attached hydrogens (tertiary/aromatic N) is 2. The van der Waals surface area contributed by atoms with E-state index in [0.717, 1.165) is 0 Å². The maximum absolute atomic E-state index is 12.7. The number of hydrogen-bond donors (Lipinski definition) is 2. The largest absolute Gasteiger partial charge is 0.378 e. The Labute approximate surface area is 101 Å². The van der Waals surface area contributed by atoms with Crippen molar-refractivity contribution in [2.75, 3.05) is 11.1 Å². The molecule has 1 aromatic carbocycles. The second-order valence-electron chi connectivity index (χ2n) is 3.49. The molecule has 2 rings (SSSR count). The molecule has 7 heteroatoms. The first-order chi connectivity index (χ1) is 8.56. The molecule has 0 aliphatic rings. The van der Waals surface area contributed by atoms with Gasteiger partial charge in [-0.05, 0) is 30.3 Å². The van der Waals surface area contributed by atoms with Gasteiger partial charge in [0.25, 0.3) is 0 Å². The van der Waals surface area contributed by atoms with E-state index in [1.165, 1.54) is 36.4 Å². The molecule has 0 amide bonds. The van der Waals surface area contributed by atoms with Crippen LogP contribution in [0.1, 0.15) is 0 Å². The first-order valence-corrected chi connectivity index (χ1v) is 5.00. The summed E-state index contributed by atoms with van der Waals surface area (Å²) < 4.78 is 12.7. The lowest BCUT2D eigenvalue weighted by Gasteiger charge is -2.06. The van der Waals surface area contributed by atoms with E-state index in [1.807, 2.05) is 0 Å². The summed E-state index contributed by atoms with van der Waals surface area (Å²) in [6.07, 6.45) is 0. The molecule has 0 bridgehead atoms. The van der Waals surface area contributed by atoms with Crippen molar-refractivity contribution in [1.29, 1.82) is 0 Å². The Bertz CT molecular complexity index is 586. The van der Waals surface area contributed by atoms with Crippen LogP contribution in [0.3, 0.4) is 0 Å². The average Bonchev–Trinajstić information content (AvgIpc) is 2.32. The number of benzene rings is 1. The van der Waals surface area contributed by atoms with Gasteiger partial charge in [0.1, 0.15) is 11.6 Å². The van der Waals surface area contributed by atoms with Crippen molar-refractivity contribution in [3.63, 3.8) is 0 Å². The van der Waals surface area contributed by atoms with Gasteiger partial charge in [-0.25, -0.2) is 9.37 Å². The highest BCUT2D eigenvalue weighted by Gasteiger charge is 2.12. The summed E-state index contributed by atoms with van der Waals surface area (Å²) in [5.74, 6) is -0.173.